The predicted molar refractivity (Wildman–Crippen MR) is 124 cm³/mol. The second-order valence-corrected chi connectivity index (χ2v) is 8.65. The van der Waals surface area contributed by atoms with Gasteiger partial charge in [0.25, 0.3) is 0 Å². The van der Waals surface area contributed by atoms with Crippen LogP contribution in [0.3, 0.4) is 0 Å². The first-order valence-electron chi connectivity index (χ1n) is 10.4. The van der Waals surface area contributed by atoms with E-state index < -0.39 is 29.2 Å². The number of nitrogens with zero attached hydrogens (tertiary/aromatic N) is 3. The number of benzene rings is 3. The van der Waals surface area contributed by atoms with Crippen LogP contribution >= 0.6 is 11.6 Å². The highest BCUT2D eigenvalue weighted by molar-refractivity contribution is 6.31. The highest BCUT2D eigenvalue weighted by Gasteiger charge is 2.63. The lowest BCUT2D eigenvalue weighted by Crippen LogP contribution is -2.44. The molecule has 1 saturated heterocycles. The van der Waals surface area contributed by atoms with E-state index in [4.69, 9.17) is 11.6 Å². The molecule has 0 spiro atoms. The first kappa shape index (κ1) is 20.9. The molecule has 0 aliphatic carbocycles. The van der Waals surface area contributed by atoms with Gasteiger partial charge in [0.15, 0.2) is 11.2 Å². The minimum Gasteiger partial charge on any atom is -0.351 e. The second-order valence-electron chi connectivity index (χ2n) is 8.21. The fraction of sp³-hybridized carbons (Fsp3) is 0.148. The zero-order valence-electron chi connectivity index (χ0n) is 17.3. The van der Waals surface area contributed by atoms with Crippen molar-refractivity contribution >= 4 is 29.1 Å². The van der Waals surface area contributed by atoms with Crippen molar-refractivity contribution in [1.82, 2.24) is 0 Å². The zero-order valence-corrected chi connectivity index (χ0v) is 18.1. The Hall–Kier alpha value is -3.93. The van der Waals surface area contributed by atoms with E-state index >= 15 is 0 Å². The van der Waals surface area contributed by atoms with Gasteiger partial charge >= 0.3 is 0 Å². The fourth-order valence-corrected chi connectivity index (χ4v) is 5.28. The molecule has 0 radical (unpaired) electrons. The number of para-hydroxylation sites is 1. The van der Waals surface area contributed by atoms with Crippen LogP contribution < -0.4 is 4.90 Å². The lowest BCUT2D eigenvalue weighted by Gasteiger charge is -2.35. The molecule has 0 amide bonds. The van der Waals surface area contributed by atoms with Crippen LogP contribution in [0.4, 0.5) is 10.1 Å². The summed E-state index contributed by atoms with van der Waals surface area (Å²) in [6.07, 6.45) is 3.70. The summed E-state index contributed by atoms with van der Waals surface area (Å²) in [6.45, 7) is 0. The van der Waals surface area contributed by atoms with E-state index in [2.05, 4.69) is 12.1 Å². The van der Waals surface area contributed by atoms with Crippen molar-refractivity contribution in [3.05, 3.63) is 106 Å². The van der Waals surface area contributed by atoms with Gasteiger partial charge in [-0.3, -0.25) is 4.79 Å². The van der Waals surface area contributed by atoms with Crippen LogP contribution in [0.25, 0.3) is 6.08 Å². The number of Topliss-reactive ketones (excluding diaryl/α,β-unsaturated/α-hetero) is 1. The van der Waals surface area contributed by atoms with Gasteiger partial charge in [-0.2, -0.15) is 10.5 Å². The molecule has 3 unspecified atom stereocenters. The molecule has 0 saturated carbocycles. The molecule has 6 heteroatoms. The first-order chi connectivity index (χ1) is 16.0. The maximum absolute atomic E-state index is 14.0. The van der Waals surface area contributed by atoms with Crippen molar-refractivity contribution in [3.8, 4) is 12.1 Å². The average Bonchev–Trinajstić information content (AvgIpc) is 3.15. The van der Waals surface area contributed by atoms with E-state index in [1.165, 1.54) is 12.1 Å². The van der Waals surface area contributed by atoms with Gasteiger partial charge in [-0.1, -0.05) is 66.2 Å². The van der Waals surface area contributed by atoms with Crippen LogP contribution in [0, 0.1) is 33.9 Å². The van der Waals surface area contributed by atoms with E-state index in [9.17, 15) is 19.7 Å². The van der Waals surface area contributed by atoms with Gasteiger partial charge in [0.1, 0.15) is 11.9 Å². The quantitative estimate of drug-likeness (QED) is 0.472. The van der Waals surface area contributed by atoms with Crippen LogP contribution in [-0.2, 0) is 0 Å². The fourth-order valence-electron chi connectivity index (χ4n) is 5.09. The second kappa shape index (κ2) is 7.89. The number of carbonyl (C=O) groups is 1. The number of carbonyl (C=O) groups excluding carboxylic acids is 1. The topological polar surface area (TPSA) is 67.9 Å². The summed E-state index contributed by atoms with van der Waals surface area (Å²) >= 11 is 6.17. The molecule has 3 atom stereocenters. The van der Waals surface area contributed by atoms with Gasteiger partial charge < -0.3 is 4.90 Å². The van der Waals surface area contributed by atoms with Gasteiger partial charge in [-0.25, -0.2) is 4.39 Å². The van der Waals surface area contributed by atoms with Crippen molar-refractivity contribution in [2.75, 3.05) is 4.90 Å². The van der Waals surface area contributed by atoms with Crippen LogP contribution in [0.5, 0.6) is 0 Å². The van der Waals surface area contributed by atoms with Crippen molar-refractivity contribution in [1.29, 1.82) is 10.5 Å². The maximum atomic E-state index is 14.0. The molecule has 0 bridgehead atoms. The number of hydrogen-bond donors (Lipinski definition) is 0. The van der Waals surface area contributed by atoms with E-state index in [1.807, 2.05) is 41.3 Å². The summed E-state index contributed by atoms with van der Waals surface area (Å²) in [5, 5.41) is 21.1. The summed E-state index contributed by atoms with van der Waals surface area (Å²) in [5.74, 6) is -1.51. The molecule has 2 aliphatic rings. The Morgan fingerprint density at radius 1 is 1.00 bits per heavy atom. The molecular formula is C27H17ClFN3O. The number of halogens is 2. The number of anilines is 1. The van der Waals surface area contributed by atoms with Gasteiger partial charge in [0.05, 0.1) is 18.2 Å². The molecular weight excluding hydrogens is 437 g/mol. The Morgan fingerprint density at radius 2 is 1.73 bits per heavy atom. The standard InChI is InChI=1S/C27H17ClFN3O/c28-20-6-3-5-19(14-20)26(33)25-24(18-8-11-21(29)12-9-18)27(15-30,16-31)23-13-10-17-4-1-2-7-22(17)32(23)25/h1-14,23-25H. The van der Waals surface area contributed by atoms with Crippen LogP contribution in [0.15, 0.2) is 78.9 Å². The number of rotatable bonds is 3. The van der Waals surface area contributed by atoms with Gasteiger partial charge in [0.2, 0.25) is 0 Å². The normalized spacial score (nSPS) is 22.1. The monoisotopic (exact) mass is 453 g/mol. The molecule has 160 valence electrons. The maximum Gasteiger partial charge on any atom is 0.186 e. The van der Waals surface area contributed by atoms with E-state index in [1.54, 1.807) is 36.4 Å². The molecule has 2 heterocycles. The lowest BCUT2D eigenvalue weighted by atomic mass is 9.69. The van der Waals surface area contributed by atoms with Crippen molar-refractivity contribution in [2.45, 2.75) is 18.0 Å². The van der Waals surface area contributed by atoms with Crippen molar-refractivity contribution in [2.24, 2.45) is 5.41 Å². The van der Waals surface area contributed by atoms with Crippen molar-refractivity contribution < 1.29 is 9.18 Å². The number of fused-ring (bicyclic) bond motifs is 3. The molecule has 5 rings (SSSR count). The number of nitriles is 2. The highest BCUT2D eigenvalue weighted by atomic mass is 35.5. The Bertz CT molecular complexity index is 1360. The largest absolute Gasteiger partial charge is 0.351 e. The predicted octanol–water partition coefficient (Wildman–Crippen LogP) is 5.76. The van der Waals surface area contributed by atoms with Gasteiger partial charge in [0, 0.05) is 22.2 Å². The molecule has 3 aromatic carbocycles. The summed E-state index contributed by atoms with van der Waals surface area (Å²) < 4.78 is 13.8. The van der Waals surface area contributed by atoms with Crippen molar-refractivity contribution in [3.63, 3.8) is 0 Å². The Labute approximate surface area is 195 Å². The van der Waals surface area contributed by atoms with Crippen LogP contribution in [-0.4, -0.2) is 17.9 Å². The summed E-state index contributed by atoms with van der Waals surface area (Å²) in [5.41, 5.74) is 1.03. The third-order valence-corrected chi connectivity index (χ3v) is 6.76. The highest BCUT2D eigenvalue weighted by Crippen LogP contribution is 2.55. The smallest absolute Gasteiger partial charge is 0.186 e. The third-order valence-electron chi connectivity index (χ3n) is 6.52. The SMILES string of the molecule is N#CC1(C#N)C(c2ccc(F)cc2)C(C(=O)c2cccc(Cl)c2)N2c3ccccc3C=CC21. The summed E-state index contributed by atoms with van der Waals surface area (Å²) in [6, 6.07) is 22.8. The van der Waals surface area contributed by atoms with Crippen LogP contribution in [0.2, 0.25) is 5.02 Å². The zero-order chi connectivity index (χ0) is 23.2. The first-order valence-corrected chi connectivity index (χ1v) is 10.8. The molecule has 3 aromatic rings. The summed E-state index contributed by atoms with van der Waals surface area (Å²) in [7, 11) is 0. The molecule has 1 fully saturated rings. The van der Waals surface area contributed by atoms with E-state index in [0.717, 1.165) is 11.3 Å². The Kier molecular flexibility index (Phi) is 5.01. The Balaban J connectivity index is 1.79. The van der Waals surface area contributed by atoms with Gasteiger partial charge in [-0.15, -0.1) is 0 Å². The summed E-state index contributed by atoms with van der Waals surface area (Å²) in [4.78, 5) is 15.9. The molecule has 2 aliphatic heterocycles. The number of ketones is 1. The molecule has 0 N–H and O–H groups in total. The number of hydrogen-bond acceptors (Lipinski definition) is 4. The average molecular weight is 454 g/mol. The Morgan fingerprint density at radius 3 is 2.42 bits per heavy atom. The third kappa shape index (κ3) is 3.13. The molecule has 33 heavy (non-hydrogen) atoms. The molecule has 0 aromatic heterocycles. The van der Waals surface area contributed by atoms with Crippen LogP contribution in [0.1, 0.15) is 27.4 Å². The molecule has 4 nitrogen and oxygen atoms in total. The minimum atomic E-state index is -1.57. The minimum absolute atomic E-state index is 0.255. The van der Waals surface area contributed by atoms with Gasteiger partial charge in [-0.05, 0) is 41.5 Å². The lowest BCUT2D eigenvalue weighted by molar-refractivity contribution is 0.0951. The van der Waals surface area contributed by atoms with E-state index in [-0.39, 0.29) is 5.78 Å². The van der Waals surface area contributed by atoms with E-state index in [0.29, 0.717) is 16.1 Å².